The standard InChI is InChI=1S/C16H23N7O/c24-15(11-23-12-18-19-20-23)21-7-4-14(5-8-21)16-17-6-9-22(16)10-13-2-1-3-13/h6,9,12-14H,1-5,7-8,10-11H2. The Kier molecular flexibility index (Phi) is 4.27. The molecular formula is C16H23N7O. The minimum atomic E-state index is 0.0820. The molecule has 0 unspecified atom stereocenters. The highest BCUT2D eigenvalue weighted by atomic mass is 16.2. The van der Waals surface area contributed by atoms with Crippen LogP contribution in [0.4, 0.5) is 0 Å². The van der Waals surface area contributed by atoms with Crippen molar-refractivity contribution in [2.45, 2.75) is 51.1 Å². The fourth-order valence-electron chi connectivity index (χ4n) is 3.67. The Balaban J connectivity index is 1.32. The van der Waals surface area contributed by atoms with Crippen molar-refractivity contribution >= 4 is 5.91 Å². The lowest BCUT2D eigenvalue weighted by Gasteiger charge is -2.33. The molecule has 0 aromatic carbocycles. The number of nitrogens with zero attached hydrogens (tertiary/aromatic N) is 7. The first-order chi connectivity index (χ1) is 11.8. The van der Waals surface area contributed by atoms with Crippen LogP contribution in [0.2, 0.25) is 0 Å². The van der Waals surface area contributed by atoms with Crippen LogP contribution in [0.1, 0.15) is 43.8 Å². The Morgan fingerprint density at radius 1 is 1.21 bits per heavy atom. The maximum absolute atomic E-state index is 12.3. The van der Waals surface area contributed by atoms with Crippen LogP contribution < -0.4 is 0 Å². The maximum atomic E-state index is 12.3. The van der Waals surface area contributed by atoms with Crippen molar-refractivity contribution in [3.63, 3.8) is 0 Å². The molecule has 2 aromatic heterocycles. The molecule has 1 aliphatic carbocycles. The van der Waals surface area contributed by atoms with E-state index in [2.05, 4.69) is 31.3 Å². The van der Waals surface area contributed by atoms with Crippen LogP contribution in [0.15, 0.2) is 18.7 Å². The highest BCUT2D eigenvalue weighted by molar-refractivity contribution is 5.75. The third-order valence-electron chi connectivity index (χ3n) is 5.33. The van der Waals surface area contributed by atoms with Gasteiger partial charge in [-0.05, 0) is 42.0 Å². The largest absolute Gasteiger partial charge is 0.341 e. The van der Waals surface area contributed by atoms with Gasteiger partial charge in [-0.25, -0.2) is 9.67 Å². The van der Waals surface area contributed by atoms with Crippen LogP contribution in [0.25, 0.3) is 0 Å². The van der Waals surface area contributed by atoms with E-state index in [4.69, 9.17) is 0 Å². The van der Waals surface area contributed by atoms with E-state index in [0.29, 0.717) is 5.92 Å². The molecular weight excluding hydrogens is 306 g/mol. The zero-order valence-corrected chi connectivity index (χ0v) is 13.8. The smallest absolute Gasteiger partial charge is 0.244 e. The van der Waals surface area contributed by atoms with Crippen LogP contribution in [-0.2, 0) is 17.9 Å². The van der Waals surface area contributed by atoms with Gasteiger partial charge in [0.2, 0.25) is 5.91 Å². The molecule has 2 fully saturated rings. The van der Waals surface area contributed by atoms with Gasteiger partial charge in [-0.1, -0.05) is 6.42 Å². The molecule has 2 aliphatic rings. The monoisotopic (exact) mass is 329 g/mol. The van der Waals surface area contributed by atoms with Gasteiger partial charge in [-0.3, -0.25) is 4.79 Å². The molecule has 1 saturated heterocycles. The van der Waals surface area contributed by atoms with E-state index in [9.17, 15) is 4.79 Å². The number of carbonyl (C=O) groups excluding carboxylic acids is 1. The zero-order chi connectivity index (χ0) is 16.4. The van der Waals surface area contributed by atoms with Gasteiger partial charge in [-0.15, -0.1) is 5.10 Å². The van der Waals surface area contributed by atoms with E-state index in [1.807, 2.05) is 11.1 Å². The first kappa shape index (κ1) is 15.3. The summed E-state index contributed by atoms with van der Waals surface area (Å²) in [6.45, 7) is 2.88. The maximum Gasteiger partial charge on any atom is 0.244 e. The molecule has 0 bridgehead atoms. The van der Waals surface area contributed by atoms with Crippen LogP contribution in [-0.4, -0.2) is 53.7 Å². The van der Waals surface area contributed by atoms with Crippen molar-refractivity contribution in [1.82, 2.24) is 34.7 Å². The second kappa shape index (κ2) is 6.70. The Bertz CT molecular complexity index is 668. The van der Waals surface area contributed by atoms with Gasteiger partial charge in [0, 0.05) is 37.9 Å². The number of carbonyl (C=O) groups is 1. The number of rotatable bonds is 5. The average Bonchev–Trinajstić information content (AvgIpc) is 3.22. The summed E-state index contributed by atoms with van der Waals surface area (Å²) in [7, 11) is 0. The molecule has 1 amide bonds. The van der Waals surface area contributed by atoms with Crippen molar-refractivity contribution in [3.8, 4) is 0 Å². The molecule has 128 valence electrons. The first-order valence-electron chi connectivity index (χ1n) is 8.79. The molecule has 0 spiro atoms. The number of hydrogen-bond donors (Lipinski definition) is 0. The molecule has 24 heavy (non-hydrogen) atoms. The van der Waals surface area contributed by atoms with E-state index in [1.165, 1.54) is 36.1 Å². The Hall–Kier alpha value is -2.25. The fraction of sp³-hybridized carbons (Fsp3) is 0.688. The number of likely N-dealkylation sites (tertiary alicyclic amines) is 1. The first-order valence-corrected chi connectivity index (χ1v) is 8.79. The van der Waals surface area contributed by atoms with Gasteiger partial charge in [0.1, 0.15) is 18.7 Å². The van der Waals surface area contributed by atoms with E-state index >= 15 is 0 Å². The second-order valence-corrected chi connectivity index (χ2v) is 6.90. The fourth-order valence-corrected chi connectivity index (χ4v) is 3.67. The summed E-state index contributed by atoms with van der Waals surface area (Å²) in [6.07, 6.45) is 11.5. The van der Waals surface area contributed by atoms with Gasteiger partial charge < -0.3 is 9.47 Å². The molecule has 0 radical (unpaired) electrons. The summed E-state index contributed by atoms with van der Waals surface area (Å²) in [6, 6.07) is 0. The Morgan fingerprint density at radius 3 is 2.71 bits per heavy atom. The minimum absolute atomic E-state index is 0.0820. The highest BCUT2D eigenvalue weighted by Gasteiger charge is 2.27. The SMILES string of the molecule is O=C(Cn1cnnn1)N1CCC(c2nccn2CC2CCC2)CC1. The molecule has 2 aromatic rings. The van der Waals surface area contributed by atoms with Crippen LogP contribution in [0.5, 0.6) is 0 Å². The Labute approximate surface area is 140 Å². The van der Waals surface area contributed by atoms with Gasteiger partial charge >= 0.3 is 0 Å². The van der Waals surface area contributed by atoms with Crippen LogP contribution in [0.3, 0.4) is 0 Å². The van der Waals surface area contributed by atoms with Crippen molar-refractivity contribution < 1.29 is 4.79 Å². The number of aromatic nitrogens is 6. The van der Waals surface area contributed by atoms with Crippen LogP contribution in [0, 0.1) is 5.92 Å². The lowest BCUT2D eigenvalue weighted by Crippen LogP contribution is -2.40. The van der Waals surface area contributed by atoms with E-state index < -0.39 is 0 Å². The molecule has 0 atom stereocenters. The molecule has 1 aliphatic heterocycles. The van der Waals surface area contributed by atoms with Crippen molar-refractivity contribution in [1.29, 1.82) is 0 Å². The molecule has 0 N–H and O–H groups in total. The molecule has 4 rings (SSSR count). The topological polar surface area (TPSA) is 81.7 Å². The highest BCUT2D eigenvalue weighted by Crippen LogP contribution is 2.31. The second-order valence-electron chi connectivity index (χ2n) is 6.90. The predicted molar refractivity (Wildman–Crippen MR) is 85.9 cm³/mol. The quantitative estimate of drug-likeness (QED) is 0.820. The predicted octanol–water partition coefficient (Wildman–Crippen LogP) is 1.08. The summed E-state index contributed by atoms with van der Waals surface area (Å²) in [4.78, 5) is 18.8. The number of amides is 1. The third kappa shape index (κ3) is 3.18. The summed E-state index contributed by atoms with van der Waals surface area (Å²) in [5.41, 5.74) is 0. The minimum Gasteiger partial charge on any atom is -0.341 e. The summed E-state index contributed by atoms with van der Waals surface area (Å²) < 4.78 is 3.81. The number of imidazole rings is 1. The average molecular weight is 329 g/mol. The zero-order valence-electron chi connectivity index (χ0n) is 13.8. The lowest BCUT2D eigenvalue weighted by molar-refractivity contribution is -0.133. The Morgan fingerprint density at radius 2 is 2.04 bits per heavy atom. The van der Waals surface area contributed by atoms with Gasteiger partial charge in [-0.2, -0.15) is 0 Å². The molecule has 8 nitrogen and oxygen atoms in total. The molecule has 1 saturated carbocycles. The molecule has 3 heterocycles. The van der Waals surface area contributed by atoms with Gasteiger partial charge in [0.05, 0.1) is 0 Å². The van der Waals surface area contributed by atoms with E-state index in [0.717, 1.165) is 38.4 Å². The summed E-state index contributed by atoms with van der Waals surface area (Å²) in [5, 5.41) is 10.9. The van der Waals surface area contributed by atoms with Crippen molar-refractivity contribution in [2.24, 2.45) is 5.92 Å². The van der Waals surface area contributed by atoms with Gasteiger partial charge in [0.15, 0.2) is 0 Å². The molecule has 8 heteroatoms. The number of tetrazole rings is 1. The van der Waals surface area contributed by atoms with Crippen LogP contribution >= 0.6 is 0 Å². The number of piperidine rings is 1. The summed E-state index contributed by atoms with van der Waals surface area (Å²) >= 11 is 0. The van der Waals surface area contributed by atoms with Crippen molar-refractivity contribution in [2.75, 3.05) is 13.1 Å². The normalized spacial score (nSPS) is 19.4. The van der Waals surface area contributed by atoms with E-state index in [-0.39, 0.29) is 12.5 Å². The van der Waals surface area contributed by atoms with E-state index in [1.54, 1.807) is 0 Å². The van der Waals surface area contributed by atoms with Crippen molar-refractivity contribution in [3.05, 3.63) is 24.5 Å². The summed E-state index contributed by atoms with van der Waals surface area (Å²) in [5.74, 6) is 2.57. The van der Waals surface area contributed by atoms with Gasteiger partial charge in [0.25, 0.3) is 0 Å². The lowest BCUT2D eigenvalue weighted by atomic mass is 9.85. The number of hydrogen-bond acceptors (Lipinski definition) is 5. The third-order valence-corrected chi connectivity index (χ3v) is 5.33.